The van der Waals surface area contributed by atoms with Gasteiger partial charge in [-0.2, -0.15) is 0 Å². The number of carbonyl (C=O) groups excluding carboxylic acids is 2. The second-order valence-corrected chi connectivity index (χ2v) is 9.70. The molecule has 7 nitrogen and oxygen atoms in total. The van der Waals surface area contributed by atoms with Crippen LogP contribution in [0.4, 0.5) is 10.1 Å². The van der Waals surface area contributed by atoms with Crippen LogP contribution in [-0.4, -0.2) is 51.0 Å². The minimum atomic E-state index is -4.02. The van der Waals surface area contributed by atoms with Gasteiger partial charge < -0.3 is 10.2 Å². The van der Waals surface area contributed by atoms with E-state index in [2.05, 4.69) is 5.32 Å². The Morgan fingerprint density at radius 1 is 1.09 bits per heavy atom. The van der Waals surface area contributed by atoms with Crippen LogP contribution in [0.5, 0.6) is 0 Å². The molecular weight excluding hydrogens is 480 g/mol. The Kier molecular flexibility index (Phi) is 8.89. The van der Waals surface area contributed by atoms with Crippen molar-refractivity contribution in [3.8, 4) is 0 Å². The Bertz CT molecular complexity index is 1080. The molecule has 0 aliphatic rings. The Morgan fingerprint density at radius 3 is 2.19 bits per heavy atom. The van der Waals surface area contributed by atoms with E-state index in [9.17, 15) is 22.4 Å². The van der Waals surface area contributed by atoms with Gasteiger partial charge in [-0.1, -0.05) is 48.3 Å². The van der Waals surface area contributed by atoms with Crippen LogP contribution in [0.3, 0.4) is 0 Å². The van der Waals surface area contributed by atoms with Crippen molar-refractivity contribution in [3.05, 3.63) is 63.9 Å². The van der Waals surface area contributed by atoms with E-state index < -0.39 is 40.2 Å². The molecule has 2 rings (SSSR count). The van der Waals surface area contributed by atoms with Gasteiger partial charge in [0.05, 0.1) is 11.9 Å². The SMILES string of the molecule is CCC(C(=O)NC)N(Cc1c(Cl)cccc1Cl)C(=O)CN(c1ccccc1F)S(C)(=O)=O. The third-order valence-electron chi connectivity index (χ3n) is 4.82. The van der Waals surface area contributed by atoms with Crippen LogP contribution in [0, 0.1) is 5.82 Å². The number of nitrogens with one attached hydrogen (secondary N) is 1. The number of rotatable bonds is 9. The maximum Gasteiger partial charge on any atom is 0.244 e. The molecule has 1 N–H and O–H groups in total. The van der Waals surface area contributed by atoms with Gasteiger partial charge in [0.15, 0.2) is 0 Å². The summed E-state index contributed by atoms with van der Waals surface area (Å²) in [5.41, 5.74) is 0.135. The lowest BCUT2D eigenvalue weighted by Crippen LogP contribution is -2.51. The van der Waals surface area contributed by atoms with Gasteiger partial charge in [-0.15, -0.1) is 0 Å². The minimum absolute atomic E-state index is 0.141. The molecule has 0 spiro atoms. The minimum Gasteiger partial charge on any atom is -0.357 e. The Labute approximate surface area is 197 Å². The first-order valence-corrected chi connectivity index (χ1v) is 12.3. The number of hydrogen-bond donors (Lipinski definition) is 1. The second-order valence-electron chi connectivity index (χ2n) is 6.98. The molecule has 0 heterocycles. The summed E-state index contributed by atoms with van der Waals surface area (Å²) in [7, 11) is -2.59. The maximum absolute atomic E-state index is 14.4. The maximum atomic E-state index is 14.4. The van der Waals surface area contributed by atoms with Crippen LogP contribution in [-0.2, 0) is 26.2 Å². The van der Waals surface area contributed by atoms with Crippen LogP contribution in [0.2, 0.25) is 10.0 Å². The van der Waals surface area contributed by atoms with Crippen molar-refractivity contribution < 1.29 is 22.4 Å². The van der Waals surface area contributed by atoms with E-state index >= 15 is 0 Å². The summed E-state index contributed by atoms with van der Waals surface area (Å²) in [6.07, 6.45) is 1.12. The number of likely N-dealkylation sites (N-methyl/N-ethyl adjacent to an activating group) is 1. The molecule has 0 aliphatic heterocycles. The van der Waals surface area contributed by atoms with E-state index in [0.717, 1.165) is 12.3 Å². The van der Waals surface area contributed by atoms with Crippen molar-refractivity contribution in [2.75, 3.05) is 24.2 Å². The third-order valence-corrected chi connectivity index (χ3v) is 6.66. The van der Waals surface area contributed by atoms with Gasteiger partial charge in [-0.25, -0.2) is 12.8 Å². The topological polar surface area (TPSA) is 86.8 Å². The van der Waals surface area contributed by atoms with Gasteiger partial charge in [-0.3, -0.25) is 13.9 Å². The van der Waals surface area contributed by atoms with E-state index in [1.807, 2.05) is 0 Å². The summed E-state index contributed by atoms with van der Waals surface area (Å²) in [5, 5.41) is 3.08. The molecule has 1 unspecified atom stereocenters. The van der Waals surface area contributed by atoms with Gasteiger partial charge >= 0.3 is 0 Å². The molecule has 0 fully saturated rings. The number of amides is 2. The van der Waals surface area contributed by atoms with Crippen LogP contribution in [0.15, 0.2) is 42.5 Å². The van der Waals surface area contributed by atoms with Crippen LogP contribution < -0.4 is 9.62 Å². The van der Waals surface area contributed by atoms with Crippen molar-refractivity contribution in [1.29, 1.82) is 0 Å². The van der Waals surface area contributed by atoms with E-state index in [1.165, 1.54) is 30.1 Å². The van der Waals surface area contributed by atoms with E-state index in [4.69, 9.17) is 23.2 Å². The highest BCUT2D eigenvalue weighted by molar-refractivity contribution is 7.92. The third kappa shape index (κ3) is 6.11. The van der Waals surface area contributed by atoms with E-state index in [0.29, 0.717) is 9.87 Å². The highest BCUT2D eigenvalue weighted by atomic mass is 35.5. The van der Waals surface area contributed by atoms with Gasteiger partial charge in [0, 0.05) is 29.2 Å². The van der Waals surface area contributed by atoms with E-state index in [-0.39, 0.29) is 28.7 Å². The Morgan fingerprint density at radius 2 is 1.69 bits per heavy atom. The summed E-state index contributed by atoms with van der Waals surface area (Å²) in [6, 6.07) is 9.12. The molecule has 2 aromatic rings. The van der Waals surface area contributed by atoms with Crippen molar-refractivity contribution in [2.24, 2.45) is 0 Å². The molecule has 2 amide bonds. The molecule has 32 heavy (non-hydrogen) atoms. The van der Waals surface area contributed by atoms with Gasteiger partial charge in [-0.05, 0) is 30.7 Å². The highest BCUT2D eigenvalue weighted by Crippen LogP contribution is 2.28. The average Bonchev–Trinajstić information content (AvgIpc) is 2.73. The quantitative estimate of drug-likeness (QED) is 0.567. The largest absolute Gasteiger partial charge is 0.357 e. The lowest BCUT2D eigenvalue weighted by molar-refractivity contribution is -0.140. The summed E-state index contributed by atoms with van der Waals surface area (Å²) < 4.78 is 39.8. The predicted octanol–water partition coefficient (Wildman–Crippen LogP) is 3.45. The molecule has 0 aliphatic carbocycles. The summed E-state index contributed by atoms with van der Waals surface area (Å²) in [6.45, 7) is 0.854. The van der Waals surface area contributed by atoms with Crippen molar-refractivity contribution in [1.82, 2.24) is 10.2 Å². The van der Waals surface area contributed by atoms with Crippen LogP contribution in [0.1, 0.15) is 18.9 Å². The van der Waals surface area contributed by atoms with Crippen LogP contribution >= 0.6 is 23.2 Å². The molecule has 0 saturated carbocycles. The summed E-state index contributed by atoms with van der Waals surface area (Å²) in [4.78, 5) is 27.1. The van der Waals surface area contributed by atoms with Crippen molar-refractivity contribution >= 4 is 50.7 Å². The molecule has 0 aromatic heterocycles. The van der Waals surface area contributed by atoms with E-state index in [1.54, 1.807) is 25.1 Å². The van der Waals surface area contributed by atoms with Crippen LogP contribution in [0.25, 0.3) is 0 Å². The molecule has 0 bridgehead atoms. The molecular formula is C21H24Cl2FN3O4S. The fourth-order valence-corrected chi connectivity index (χ4v) is 4.56. The molecule has 2 aromatic carbocycles. The van der Waals surface area contributed by atoms with Gasteiger partial charge in [0.25, 0.3) is 0 Å². The first-order valence-electron chi connectivity index (χ1n) is 9.67. The Hall–Kier alpha value is -2.36. The molecule has 11 heteroatoms. The number of para-hydroxylation sites is 1. The lowest BCUT2D eigenvalue weighted by Gasteiger charge is -2.33. The number of benzene rings is 2. The monoisotopic (exact) mass is 503 g/mol. The predicted molar refractivity (Wildman–Crippen MR) is 124 cm³/mol. The average molecular weight is 504 g/mol. The number of sulfonamides is 1. The molecule has 1 atom stereocenters. The Balaban J connectivity index is 2.50. The van der Waals surface area contributed by atoms with Gasteiger partial charge in [0.1, 0.15) is 18.4 Å². The number of hydrogen-bond acceptors (Lipinski definition) is 4. The number of nitrogens with zero attached hydrogens (tertiary/aromatic N) is 2. The normalized spacial score (nSPS) is 12.2. The zero-order valence-electron chi connectivity index (χ0n) is 17.8. The number of halogens is 3. The fourth-order valence-electron chi connectivity index (χ4n) is 3.19. The summed E-state index contributed by atoms with van der Waals surface area (Å²) in [5.74, 6) is -1.96. The molecule has 0 saturated heterocycles. The highest BCUT2D eigenvalue weighted by Gasteiger charge is 2.32. The smallest absolute Gasteiger partial charge is 0.244 e. The zero-order valence-corrected chi connectivity index (χ0v) is 20.1. The fraction of sp³-hybridized carbons (Fsp3) is 0.333. The molecule has 0 radical (unpaired) electrons. The van der Waals surface area contributed by atoms with Crippen molar-refractivity contribution in [2.45, 2.75) is 25.9 Å². The zero-order chi connectivity index (χ0) is 24.1. The second kappa shape index (κ2) is 11.0. The first kappa shape index (κ1) is 25.9. The lowest BCUT2D eigenvalue weighted by atomic mass is 10.1. The van der Waals surface area contributed by atoms with Crippen molar-refractivity contribution in [3.63, 3.8) is 0 Å². The van der Waals surface area contributed by atoms with Gasteiger partial charge in [0.2, 0.25) is 21.8 Å². The number of carbonyl (C=O) groups is 2. The molecule has 174 valence electrons. The number of anilines is 1. The summed E-state index contributed by atoms with van der Waals surface area (Å²) >= 11 is 12.5. The first-order chi connectivity index (χ1) is 15.0. The standard InChI is InChI=1S/C21H24Cl2FN3O4S/c1-4-18(21(29)25-2)26(12-14-15(22)8-7-9-16(14)23)20(28)13-27(32(3,30)31)19-11-6-5-10-17(19)24/h5-11,18H,4,12-13H2,1-3H3,(H,25,29).